The van der Waals surface area contributed by atoms with Crippen molar-refractivity contribution >= 4 is 5.91 Å². The molecule has 21 heavy (non-hydrogen) atoms. The highest BCUT2D eigenvalue weighted by Gasteiger charge is 2.47. The minimum absolute atomic E-state index is 0.0573. The van der Waals surface area contributed by atoms with Gasteiger partial charge in [0.2, 0.25) is 5.91 Å². The molecule has 1 heterocycles. The molecule has 2 aliphatic rings. The van der Waals surface area contributed by atoms with Crippen molar-refractivity contribution in [3.05, 3.63) is 29.8 Å². The van der Waals surface area contributed by atoms with Crippen LogP contribution in [0.15, 0.2) is 24.3 Å². The number of hydrogen-bond acceptors (Lipinski definition) is 3. The van der Waals surface area contributed by atoms with Crippen LogP contribution in [0.5, 0.6) is 5.75 Å². The second kappa shape index (κ2) is 5.68. The first kappa shape index (κ1) is 14.4. The summed E-state index contributed by atoms with van der Waals surface area (Å²) in [4.78, 5) is 14.4. The van der Waals surface area contributed by atoms with Gasteiger partial charge in [0.25, 0.3) is 0 Å². The van der Waals surface area contributed by atoms with Gasteiger partial charge < -0.3 is 14.7 Å². The van der Waals surface area contributed by atoms with E-state index in [9.17, 15) is 9.90 Å². The Balaban J connectivity index is 1.66. The van der Waals surface area contributed by atoms with Crippen LogP contribution < -0.4 is 4.74 Å². The van der Waals surface area contributed by atoms with Gasteiger partial charge >= 0.3 is 0 Å². The Bertz CT molecular complexity index is 531. The maximum Gasteiger partial charge on any atom is 0.226 e. The summed E-state index contributed by atoms with van der Waals surface area (Å²) in [6.45, 7) is 3.29. The topological polar surface area (TPSA) is 49.8 Å². The molecule has 114 valence electrons. The molecule has 0 aromatic heterocycles. The van der Waals surface area contributed by atoms with Crippen molar-refractivity contribution < 1.29 is 14.6 Å². The van der Waals surface area contributed by atoms with Gasteiger partial charge in [-0.1, -0.05) is 25.1 Å². The van der Waals surface area contributed by atoms with E-state index in [0.29, 0.717) is 12.5 Å². The zero-order valence-corrected chi connectivity index (χ0v) is 12.7. The molecule has 3 rings (SSSR count). The molecule has 4 unspecified atom stereocenters. The molecular formula is C17H23NO3. The van der Waals surface area contributed by atoms with Gasteiger partial charge in [-0.25, -0.2) is 0 Å². The molecule has 1 aliphatic carbocycles. The molecule has 4 nitrogen and oxygen atoms in total. The highest BCUT2D eigenvalue weighted by molar-refractivity contribution is 5.83. The number of carbonyl (C=O) groups excluding carboxylic acids is 1. The zero-order chi connectivity index (χ0) is 15.0. The number of para-hydroxylation sites is 1. The van der Waals surface area contributed by atoms with Crippen LogP contribution in [0.1, 0.15) is 31.2 Å². The molecular weight excluding hydrogens is 266 g/mol. The number of nitrogens with zero attached hydrogens (tertiary/aromatic N) is 1. The summed E-state index contributed by atoms with van der Waals surface area (Å²) in [5, 5.41) is 9.95. The van der Waals surface area contributed by atoms with Crippen molar-refractivity contribution in [1.29, 1.82) is 0 Å². The Morgan fingerprint density at radius 3 is 2.86 bits per heavy atom. The number of ether oxygens (including phenoxy) is 1. The maximum absolute atomic E-state index is 12.6. The number of aliphatic hydroxyl groups excluding tert-OH is 1. The lowest BCUT2D eigenvalue weighted by molar-refractivity contribution is -0.136. The first-order valence-corrected chi connectivity index (χ1v) is 7.71. The highest BCUT2D eigenvalue weighted by Crippen LogP contribution is 2.51. The third kappa shape index (κ3) is 2.77. The van der Waals surface area contributed by atoms with E-state index < -0.39 is 0 Å². The van der Waals surface area contributed by atoms with E-state index in [1.54, 1.807) is 7.11 Å². The predicted molar refractivity (Wildman–Crippen MR) is 80.2 cm³/mol. The number of benzene rings is 1. The molecule has 1 amide bonds. The van der Waals surface area contributed by atoms with Crippen molar-refractivity contribution in [1.82, 2.24) is 4.90 Å². The number of methoxy groups -OCH3 is 1. The normalized spacial score (nSPS) is 31.9. The number of aliphatic hydroxyl groups is 1. The van der Waals surface area contributed by atoms with E-state index in [4.69, 9.17) is 4.74 Å². The zero-order valence-electron chi connectivity index (χ0n) is 12.7. The molecule has 0 radical (unpaired) electrons. The van der Waals surface area contributed by atoms with E-state index in [-0.39, 0.29) is 23.8 Å². The fraction of sp³-hybridized carbons (Fsp3) is 0.588. The fourth-order valence-corrected chi connectivity index (χ4v) is 3.27. The number of carbonyl (C=O) groups is 1. The molecule has 2 fully saturated rings. The van der Waals surface area contributed by atoms with Gasteiger partial charge in [-0.3, -0.25) is 4.79 Å². The maximum atomic E-state index is 12.6. The summed E-state index contributed by atoms with van der Waals surface area (Å²) < 4.78 is 5.39. The molecule has 4 atom stereocenters. The predicted octanol–water partition coefficient (Wildman–Crippen LogP) is 2.03. The van der Waals surface area contributed by atoms with Crippen LogP contribution in [-0.2, 0) is 4.79 Å². The Hall–Kier alpha value is -1.55. The van der Waals surface area contributed by atoms with Gasteiger partial charge in [0.1, 0.15) is 5.75 Å². The molecule has 1 aromatic rings. The van der Waals surface area contributed by atoms with Gasteiger partial charge in [0.05, 0.1) is 13.2 Å². The van der Waals surface area contributed by atoms with Crippen LogP contribution in [0.4, 0.5) is 0 Å². The van der Waals surface area contributed by atoms with E-state index >= 15 is 0 Å². The minimum atomic E-state index is -0.383. The molecule has 1 N–H and O–H groups in total. The largest absolute Gasteiger partial charge is 0.496 e. The summed E-state index contributed by atoms with van der Waals surface area (Å²) in [7, 11) is 1.67. The lowest BCUT2D eigenvalue weighted by Gasteiger charge is -2.34. The third-order valence-electron chi connectivity index (χ3n) is 4.88. The van der Waals surface area contributed by atoms with Crippen LogP contribution in [0, 0.1) is 11.8 Å². The number of amides is 1. The molecule has 1 aromatic carbocycles. The first-order chi connectivity index (χ1) is 10.1. The van der Waals surface area contributed by atoms with Crippen molar-refractivity contribution in [3.63, 3.8) is 0 Å². The molecule has 0 spiro atoms. The van der Waals surface area contributed by atoms with Gasteiger partial charge in [-0.2, -0.15) is 0 Å². The Labute approximate surface area is 125 Å². The molecule has 4 heteroatoms. The van der Waals surface area contributed by atoms with Gasteiger partial charge in [-0.05, 0) is 36.3 Å². The number of piperidine rings is 1. The lowest BCUT2D eigenvalue weighted by Crippen LogP contribution is -2.46. The van der Waals surface area contributed by atoms with Crippen molar-refractivity contribution in [2.45, 2.75) is 31.8 Å². The molecule has 1 saturated carbocycles. The Morgan fingerprint density at radius 1 is 1.38 bits per heavy atom. The summed E-state index contributed by atoms with van der Waals surface area (Å²) >= 11 is 0. The first-order valence-electron chi connectivity index (χ1n) is 7.71. The minimum Gasteiger partial charge on any atom is -0.496 e. The summed E-state index contributed by atoms with van der Waals surface area (Å²) in [5.74, 6) is 1.67. The van der Waals surface area contributed by atoms with Crippen LogP contribution >= 0.6 is 0 Å². The highest BCUT2D eigenvalue weighted by atomic mass is 16.5. The van der Waals surface area contributed by atoms with Crippen molar-refractivity contribution in [2.24, 2.45) is 11.8 Å². The van der Waals surface area contributed by atoms with E-state index in [2.05, 4.69) is 0 Å². The lowest BCUT2D eigenvalue weighted by atomic mass is 9.95. The third-order valence-corrected chi connectivity index (χ3v) is 4.88. The van der Waals surface area contributed by atoms with E-state index in [1.807, 2.05) is 36.1 Å². The van der Waals surface area contributed by atoms with Gasteiger partial charge in [0, 0.05) is 19.0 Å². The summed E-state index contributed by atoms with van der Waals surface area (Å²) in [6, 6.07) is 7.93. The van der Waals surface area contributed by atoms with E-state index in [1.165, 1.54) is 0 Å². The van der Waals surface area contributed by atoms with Gasteiger partial charge in [0.15, 0.2) is 0 Å². The van der Waals surface area contributed by atoms with Crippen LogP contribution in [0.25, 0.3) is 0 Å². The number of likely N-dealkylation sites (tertiary alicyclic amines) is 1. The van der Waals surface area contributed by atoms with Crippen LogP contribution in [0.3, 0.4) is 0 Å². The summed E-state index contributed by atoms with van der Waals surface area (Å²) in [5.41, 5.74) is 1.13. The monoisotopic (exact) mass is 289 g/mol. The quantitative estimate of drug-likeness (QED) is 0.926. The van der Waals surface area contributed by atoms with Crippen LogP contribution in [-0.4, -0.2) is 42.2 Å². The standard InChI is InChI=1S/C17H23NO3/c1-11-7-8-18(10-15(11)19)17(20)14-9-13(14)12-5-3-4-6-16(12)21-2/h3-6,11,13-15,19H,7-10H2,1-2H3. The fourth-order valence-electron chi connectivity index (χ4n) is 3.27. The smallest absolute Gasteiger partial charge is 0.226 e. The second-order valence-corrected chi connectivity index (χ2v) is 6.31. The molecule has 1 aliphatic heterocycles. The second-order valence-electron chi connectivity index (χ2n) is 6.31. The number of β-amino-alcohol motifs (C(OH)–C–C–N with tert-alkyl or cyclic N) is 1. The average molecular weight is 289 g/mol. The SMILES string of the molecule is COc1ccccc1C1CC1C(=O)N1CCC(C)C(O)C1. The van der Waals surface area contributed by atoms with Gasteiger partial charge in [-0.15, -0.1) is 0 Å². The summed E-state index contributed by atoms with van der Waals surface area (Å²) in [6.07, 6.45) is 1.39. The van der Waals surface area contributed by atoms with Crippen molar-refractivity contribution in [2.75, 3.05) is 20.2 Å². The average Bonchev–Trinajstić information content (AvgIpc) is 3.29. The van der Waals surface area contributed by atoms with E-state index in [0.717, 1.165) is 30.7 Å². The van der Waals surface area contributed by atoms with Crippen LogP contribution in [0.2, 0.25) is 0 Å². The Kier molecular flexibility index (Phi) is 3.89. The van der Waals surface area contributed by atoms with Crippen molar-refractivity contribution in [3.8, 4) is 5.75 Å². The number of hydrogen-bond donors (Lipinski definition) is 1. The molecule has 1 saturated heterocycles. The molecule has 0 bridgehead atoms. The Morgan fingerprint density at radius 2 is 2.14 bits per heavy atom. The number of rotatable bonds is 3.